The van der Waals surface area contributed by atoms with Crippen molar-refractivity contribution in [2.75, 3.05) is 0 Å². The summed E-state index contributed by atoms with van der Waals surface area (Å²) in [6.07, 6.45) is 20.7. The average molecular weight is 541 g/mol. The molecule has 0 spiro atoms. The smallest absolute Gasteiger partial charge is 0.317 e. The van der Waals surface area contributed by atoms with Crippen molar-refractivity contribution >= 4 is 23.9 Å². The Morgan fingerprint density at radius 1 is 0.526 bits per heavy atom. The second-order valence-electron chi connectivity index (χ2n) is 11.5. The van der Waals surface area contributed by atoms with Crippen LogP contribution < -0.4 is 0 Å². The molecule has 1 aliphatic carbocycles. The van der Waals surface area contributed by atoms with Crippen LogP contribution in [0.1, 0.15) is 135 Å². The Bertz CT molecular complexity index is 678. The van der Waals surface area contributed by atoms with Crippen LogP contribution in [0.4, 0.5) is 0 Å². The highest BCUT2D eigenvalue weighted by atomic mass is 16.4. The highest BCUT2D eigenvalue weighted by molar-refractivity contribution is 5.93. The summed E-state index contributed by atoms with van der Waals surface area (Å²) in [5.41, 5.74) is 0. The molecule has 3 atom stereocenters. The van der Waals surface area contributed by atoms with E-state index in [4.69, 9.17) is 20.4 Å². The van der Waals surface area contributed by atoms with Crippen molar-refractivity contribution in [3.05, 3.63) is 0 Å². The van der Waals surface area contributed by atoms with Gasteiger partial charge in [0, 0.05) is 0 Å². The lowest BCUT2D eigenvalue weighted by Crippen LogP contribution is -2.23. The highest BCUT2D eigenvalue weighted by Gasteiger charge is 2.32. The van der Waals surface area contributed by atoms with Crippen molar-refractivity contribution in [3.63, 3.8) is 0 Å². The maximum absolute atomic E-state index is 10.9. The standard InChI is InChI=1S/C30H52O8/c1-22-20-21-23(16-12-8-4-2-6-10-14-18-25(27(31)32)28(33)34)24(22)17-13-9-5-3-7-11-15-19-26(29(35)36)30(37)38/h22-26H,2-21H2,1H3,(H,31,32)(H,33,34)(H,35,36)(H,37,38). The predicted octanol–water partition coefficient (Wildman–Crippen LogP) is 7.24. The van der Waals surface area contributed by atoms with E-state index in [1.165, 1.54) is 64.2 Å². The Morgan fingerprint density at radius 2 is 0.868 bits per heavy atom. The van der Waals surface area contributed by atoms with Gasteiger partial charge in [0.2, 0.25) is 0 Å². The molecule has 38 heavy (non-hydrogen) atoms. The normalized spacial score (nSPS) is 19.3. The Hall–Kier alpha value is -2.12. The minimum Gasteiger partial charge on any atom is -0.481 e. The summed E-state index contributed by atoms with van der Waals surface area (Å²) in [4.78, 5) is 43.6. The number of aliphatic carboxylic acids is 4. The van der Waals surface area contributed by atoms with E-state index in [-0.39, 0.29) is 12.8 Å². The number of carboxylic acid groups (broad SMARTS) is 4. The molecule has 1 aliphatic rings. The molecular formula is C30H52O8. The Morgan fingerprint density at radius 3 is 1.26 bits per heavy atom. The van der Waals surface area contributed by atoms with Gasteiger partial charge in [0.15, 0.2) is 11.8 Å². The SMILES string of the molecule is CC1CCC(CCCCCCCCCC(C(=O)O)C(=O)O)C1CCCCCCCCCC(C(=O)O)C(=O)O. The van der Waals surface area contributed by atoms with Crippen LogP contribution in [0.5, 0.6) is 0 Å². The van der Waals surface area contributed by atoms with Gasteiger partial charge in [-0.05, 0) is 43.4 Å². The Balaban J connectivity index is 2.05. The van der Waals surface area contributed by atoms with Crippen LogP contribution in [0, 0.1) is 29.6 Å². The summed E-state index contributed by atoms with van der Waals surface area (Å²) in [6, 6.07) is 0. The van der Waals surface area contributed by atoms with Crippen molar-refractivity contribution < 1.29 is 39.6 Å². The molecule has 8 nitrogen and oxygen atoms in total. The third-order valence-corrected chi connectivity index (χ3v) is 8.62. The van der Waals surface area contributed by atoms with Gasteiger partial charge in [-0.15, -0.1) is 0 Å². The summed E-state index contributed by atoms with van der Waals surface area (Å²) in [7, 11) is 0. The second kappa shape index (κ2) is 19.9. The third-order valence-electron chi connectivity index (χ3n) is 8.62. The Kier molecular flexibility index (Phi) is 17.7. The van der Waals surface area contributed by atoms with Crippen LogP contribution in [-0.2, 0) is 19.2 Å². The van der Waals surface area contributed by atoms with Crippen LogP contribution in [0.15, 0.2) is 0 Å². The zero-order chi connectivity index (χ0) is 28.3. The van der Waals surface area contributed by atoms with Crippen LogP contribution in [0.2, 0.25) is 0 Å². The summed E-state index contributed by atoms with van der Waals surface area (Å²) in [5, 5.41) is 35.6. The number of carboxylic acids is 4. The molecule has 220 valence electrons. The first-order valence-electron chi connectivity index (χ1n) is 15.1. The summed E-state index contributed by atoms with van der Waals surface area (Å²) < 4.78 is 0. The van der Waals surface area contributed by atoms with Gasteiger partial charge >= 0.3 is 23.9 Å². The molecule has 0 aromatic heterocycles. The average Bonchev–Trinajstić information content (AvgIpc) is 3.19. The number of unbranched alkanes of at least 4 members (excludes halogenated alkanes) is 12. The number of carbonyl (C=O) groups is 4. The van der Waals surface area contributed by atoms with Gasteiger partial charge in [0.05, 0.1) is 0 Å². The first-order chi connectivity index (χ1) is 18.1. The van der Waals surface area contributed by atoms with E-state index in [2.05, 4.69) is 6.92 Å². The summed E-state index contributed by atoms with van der Waals surface area (Å²) in [5.74, 6) is -4.98. The van der Waals surface area contributed by atoms with E-state index in [9.17, 15) is 19.2 Å². The fraction of sp³-hybridized carbons (Fsp3) is 0.867. The van der Waals surface area contributed by atoms with Crippen molar-refractivity contribution in [2.45, 2.75) is 135 Å². The zero-order valence-corrected chi connectivity index (χ0v) is 23.5. The molecular weight excluding hydrogens is 488 g/mol. The van der Waals surface area contributed by atoms with E-state index in [1.54, 1.807) is 0 Å². The van der Waals surface area contributed by atoms with Gasteiger partial charge in [0.25, 0.3) is 0 Å². The van der Waals surface area contributed by atoms with Crippen LogP contribution in [-0.4, -0.2) is 44.3 Å². The molecule has 0 radical (unpaired) electrons. The van der Waals surface area contributed by atoms with E-state index in [0.717, 1.165) is 56.3 Å². The highest BCUT2D eigenvalue weighted by Crippen LogP contribution is 2.42. The van der Waals surface area contributed by atoms with Crippen molar-refractivity contribution in [1.29, 1.82) is 0 Å². The lowest BCUT2D eigenvalue weighted by Gasteiger charge is -2.23. The van der Waals surface area contributed by atoms with E-state index >= 15 is 0 Å². The molecule has 0 bridgehead atoms. The summed E-state index contributed by atoms with van der Waals surface area (Å²) in [6.45, 7) is 2.41. The maximum Gasteiger partial charge on any atom is 0.317 e. The fourth-order valence-corrected chi connectivity index (χ4v) is 6.20. The second-order valence-corrected chi connectivity index (χ2v) is 11.5. The Labute approximate surface area is 228 Å². The van der Waals surface area contributed by atoms with Crippen LogP contribution in [0.25, 0.3) is 0 Å². The van der Waals surface area contributed by atoms with E-state index < -0.39 is 35.7 Å². The quantitative estimate of drug-likeness (QED) is 0.0739. The molecule has 4 N–H and O–H groups in total. The number of hydrogen-bond acceptors (Lipinski definition) is 4. The van der Waals surface area contributed by atoms with Gasteiger partial charge in [-0.3, -0.25) is 19.2 Å². The molecule has 1 saturated carbocycles. The maximum atomic E-state index is 10.9. The van der Waals surface area contributed by atoms with Crippen LogP contribution >= 0.6 is 0 Å². The predicted molar refractivity (Wildman–Crippen MR) is 146 cm³/mol. The van der Waals surface area contributed by atoms with Crippen molar-refractivity contribution in [1.82, 2.24) is 0 Å². The van der Waals surface area contributed by atoms with Gasteiger partial charge in [-0.1, -0.05) is 110 Å². The van der Waals surface area contributed by atoms with E-state index in [0.29, 0.717) is 12.8 Å². The summed E-state index contributed by atoms with van der Waals surface area (Å²) >= 11 is 0. The lowest BCUT2D eigenvalue weighted by molar-refractivity contribution is -0.156. The molecule has 0 aliphatic heterocycles. The topological polar surface area (TPSA) is 149 Å². The minimum atomic E-state index is -1.27. The first kappa shape index (κ1) is 33.9. The monoisotopic (exact) mass is 540 g/mol. The molecule has 0 saturated heterocycles. The molecule has 8 heteroatoms. The number of hydrogen-bond donors (Lipinski definition) is 4. The van der Waals surface area contributed by atoms with Crippen molar-refractivity contribution in [3.8, 4) is 0 Å². The van der Waals surface area contributed by atoms with Gasteiger partial charge in [0.1, 0.15) is 0 Å². The first-order valence-corrected chi connectivity index (χ1v) is 15.1. The van der Waals surface area contributed by atoms with E-state index in [1.807, 2.05) is 0 Å². The molecule has 0 heterocycles. The molecule has 0 amide bonds. The molecule has 0 aromatic carbocycles. The fourth-order valence-electron chi connectivity index (χ4n) is 6.20. The third kappa shape index (κ3) is 14.1. The van der Waals surface area contributed by atoms with Gasteiger partial charge in [-0.2, -0.15) is 0 Å². The van der Waals surface area contributed by atoms with Gasteiger partial charge in [-0.25, -0.2) is 0 Å². The largest absolute Gasteiger partial charge is 0.481 e. The van der Waals surface area contributed by atoms with Crippen LogP contribution in [0.3, 0.4) is 0 Å². The molecule has 1 rings (SSSR count). The molecule has 0 aromatic rings. The minimum absolute atomic E-state index is 0.217. The number of rotatable bonds is 24. The van der Waals surface area contributed by atoms with Crippen molar-refractivity contribution in [2.24, 2.45) is 29.6 Å². The molecule has 1 fully saturated rings. The zero-order valence-electron chi connectivity index (χ0n) is 23.5. The lowest BCUT2D eigenvalue weighted by atomic mass is 9.83. The van der Waals surface area contributed by atoms with Gasteiger partial charge < -0.3 is 20.4 Å². The molecule has 3 unspecified atom stereocenters.